The number of hydrogen-bond donors (Lipinski definition) is 2. The van der Waals surface area contributed by atoms with Gasteiger partial charge < -0.3 is 24.3 Å². The van der Waals surface area contributed by atoms with E-state index in [1.807, 2.05) is 13.8 Å². The Hall–Kier alpha value is -1.99. The molecule has 0 saturated carbocycles. The molecule has 2 N–H and O–H groups in total. The highest BCUT2D eigenvalue weighted by molar-refractivity contribution is 9.10. The quantitative estimate of drug-likeness (QED) is 0.661. The standard InChI is InChI=1S/C18H22BrNO5/c1-3-23-16-8-12(13(19)10-17(16)24-4-2)9-18(22)20-11-14(21)15-6-5-7-25-15/h5-8,10,14,21H,3-4,9,11H2,1-2H3,(H,20,22). The molecule has 2 rings (SSSR count). The second kappa shape index (κ2) is 9.48. The molecule has 0 bridgehead atoms. The molecule has 0 radical (unpaired) electrons. The number of aliphatic hydroxyl groups excluding tert-OH is 1. The van der Waals surface area contributed by atoms with E-state index in [4.69, 9.17) is 13.9 Å². The van der Waals surface area contributed by atoms with Gasteiger partial charge in [0.1, 0.15) is 11.9 Å². The van der Waals surface area contributed by atoms with E-state index in [0.29, 0.717) is 30.5 Å². The SMILES string of the molecule is CCOc1cc(Br)c(CC(=O)NCC(O)c2ccco2)cc1OCC. The minimum atomic E-state index is -0.873. The lowest BCUT2D eigenvalue weighted by molar-refractivity contribution is -0.120. The fourth-order valence-corrected chi connectivity index (χ4v) is 2.74. The summed E-state index contributed by atoms with van der Waals surface area (Å²) in [7, 11) is 0. The van der Waals surface area contributed by atoms with Crippen molar-refractivity contribution in [2.24, 2.45) is 0 Å². The molecular weight excluding hydrogens is 390 g/mol. The number of benzene rings is 1. The van der Waals surface area contributed by atoms with Gasteiger partial charge in [0.2, 0.25) is 5.91 Å². The van der Waals surface area contributed by atoms with E-state index >= 15 is 0 Å². The van der Waals surface area contributed by atoms with Gasteiger partial charge in [-0.25, -0.2) is 0 Å². The van der Waals surface area contributed by atoms with E-state index in [2.05, 4.69) is 21.2 Å². The lowest BCUT2D eigenvalue weighted by atomic mass is 10.1. The van der Waals surface area contributed by atoms with Gasteiger partial charge in [0.25, 0.3) is 0 Å². The summed E-state index contributed by atoms with van der Waals surface area (Å²) in [5.41, 5.74) is 0.775. The van der Waals surface area contributed by atoms with Gasteiger partial charge in [-0.05, 0) is 43.7 Å². The molecule has 0 aliphatic heterocycles. The topological polar surface area (TPSA) is 80.9 Å². The van der Waals surface area contributed by atoms with E-state index in [1.165, 1.54) is 6.26 Å². The van der Waals surface area contributed by atoms with Crippen LogP contribution in [-0.2, 0) is 11.2 Å². The van der Waals surface area contributed by atoms with Crippen molar-refractivity contribution >= 4 is 21.8 Å². The van der Waals surface area contributed by atoms with Crippen molar-refractivity contribution in [2.75, 3.05) is 19.8 Å². The van der Waals surface area contributed by atoms with Gasteiger partial charge >= 0.3 is 0 Å². The zero-order valence-electron chi connectivity index (χ0n) is 14.3. The van der Waals surface area contributed by atoms with Crippen LogP contribution < -0.4 is 14.8 Å². The van der Waals surface area contributed by atoms with Crippen LogP contribution in [0, 0.1) is 0 Å². The highest BCUT2D eigenvalue weighted by Gasteiger charge is 2.15. The predicted molar refractivity (Wildman–Crippen MR) is 96.9 cm³/mol. The number of carbonyl (C=O) groups is 1. The van der Waals surface area contributed by atoms with Gasteiger partial charge in [-0.2, -0.15) is 0 Å². The maximum atomic E-state index is 12.2. The molecule has 0 saturated heterocycles. The molecule has 0 spiro atoms. The molecule has 0 aliphatic carbocycles. The summed E-state index contributed by atoms with van der Waals surface area (Å²) < 4.78 is 17.0. The van der Waals surface area contributed by atoms with Crippen molar-refractivity contribution in [1.29, 1.82) is 0 Å². The molecule has 1 unspecified atom stereocenters. The van der Waals surface area contributed by atoms with Gasteiger partial charge in [0, 0.05) is 4.47 Å². The third-order valence-electron chi connectivity index (χ3n) is 3.43. The molecule has 1 aromatic carbocycles. The summed E-state index contributed by atoms with van der Waals surface area (Å²) in [5, 5.41) is 12.6. The average Bonchev–Trinajstić information content (AvgIpc) is 3.12. The largest absolute Gasteiger partial charge is 0.490 e. The first-order valence-electron chi connectivity index (χ1n) is 8.11. The Kier molecular flexibility index (Phi) is 7.33. The first kappa shape index (κ1) is 19.3. The van der Waals surface area contributed by atoms with Crippen LogP contribution >= 0.6 is 15.9 Å². The van der Waals surface area contributed by atoms with Crippen molar-refractivity contribution in [2.45, 2.75) is 26.4 Å². The summed E-state index contributed by atoms with van der Waals surface area (Å²) >= 11 is 3.46. The zero-order valence-corrected chi connectivity index (χ0v) is 15.8. The fraction of sp³-hybridized carbons (Fsp3) is 0.389. The number of nitrogens with one attached hydrogen (secondary N) is 1. The first-order valence-corrected chi connectivity index (χ1v) is 8.90. The smallest absolute Gasteiger partial charge is 0.224 e. The van der Waals surface area contributed by atoms with E-state index in [0.717, 1.165) is 10.0 Å². The summed E-state index contributed by atoms with van der Waals surface area (Å²) in [4.78, 5) is 12.2. The molecule has 1 aromatic heterocycles. The molecule has 0 fully saturated rings. The zero-order chi connectivity index (χ0) is 18.2. The van der Waals surface area contributed by atoms with E-state index < -0.39 is 6.10 Å². The molecule has 1 amide bonds. The number of halogens is 1. The van der Waals surface area contributed by atoms with Crippen molar-refractivity contribution in [3.63, 3.8) is 0 Å². The van der Waals surface area contributed by atoms with Crippen molar-refractivity contribution < 1.29 is 23.8 Å². The number of hydrogen-bond acceptors (Lipinski definition) is 5. The minimum absolute atomic E-state index is 0.0827. The number of ether oxygens (including phenoxy) is 2. The average molecular weight is 412 g/mol. The summed E-state index contributed by atoms with van der Waals surface area (Å²) in [6, 6.07) is 6.94. The van der Waals surface area contributed by atoms with Gasteiger partial charge in [0.15, 0.2) is 11.5 Å². The highest BCUT2D eigenvalue weighted by Crippen LogP contribution is 2.34. The van der Waals surface area contributed by atoms with Crippen LogP contribution in [0.5, 0.6) is 11.5 Å². The van der Waals surface area contributed by atoms with Crippen LogP contribution in [0.1, 0.15) is 31.3 Å². The monoisotopic (exact) mass is 411 g/mol. The molecule has 25 heavy (non-hydrogen) atoms. The highest BCUT2D eigenvalue weighted by atomic mass is 79.9. The van der Waals surface area contributed by atoms with Crippen LogP contribution in [-0.4, -0.2) is 30.8 Å². The Morgan fingerprint density at radius 2 is 1.96 bits per heavy atom. The Morgan fingerprint density at radius 3 is 2.56 bits per heavy atom. The molecular formula is C18H22BrNO5. The summed E-state index contributed by atoms with van der Waals surface area (Å²) in [6.07, 6.45) is 0.756. The third-order valence-corrected chi connectivity index (χ3v) is 4.17. The van der Waals surface area contributed by atoms with E-state index in [1.54, 1.807) is 24.3 Å². The predicted octanol–water partition coefficient (Wildman–Crippen LogP) is 3.23. The van der Waals surface area contributed by atoms with Crippen LogP contribution in [0.2, 0.25) is 0 Å². The Balaban J connectivity index is 2.00. The van der Waals surface area contributed by atoms with Crippen molar-refractivity contribution in [1.82, 2.24) is 5.32 Å². The Labute approximate surface area is 155 Å². The summed E-state index contributed by atoms with van der Waals surface area (Å²) in [5.74, 6) is 1.44. The number of carbonyl (C=O) groups excluding carboxylic acids is 1. The van der Waals surface area contributed by atoms with Gasteiger partial charge in [-0.1, -0.05) is 15.9 Å². The maximum absolute atomic E-state index is 12.2. The number of rotatable bonds is 9. The molecule has 136 valence electrons. The van der Waals surface area contributed by atoms with Crippen LogP contribution in [0.4, 0.5) is 0 Å². The lowest BCUT2D eigenvalue weighted by Crippen LogP contribution is -2.29. The minimum Gasteiger partial charge on any atom is -0.490 e. The van der Waals surface area contributed by atoms with Gasteiger partial charge in [-0.3, -0.25) is 4.79 Å². The Bertz CT molecular complexity index is 687. The maximum Gasteiger partial charge on any atom is 0.224 e. The fourth-order valence-electron chi connectivity index (χ4n) is 2.28. The molecule has 2 aromatic rings. The van der Waals surface area contributed by atoms with Crippen molar-refractivity contribution in [3.05, 3.63) is 46.3 Å². The van der Waals surface area contributed by atoms with Crippen molar-refractivity contribution in [3.8, 4) is 11.5 Å². The second-order valence-electron chi connectivity index (χ2n) is 5.27. The molecule has 1 atom stereocenters. The van der Waals surface area contributed by atoms with Crippen LogP contribution in [0.3, 0.4) is 0 Å². The normalized spacial score (nSPS) is 11.8. The molecule has 6 nitrogen and oxygen atoms in total. The van der Waals surface area contributed by atoms with Crippen LogP contribution in [0.15, 0.2) is 39.4 Å². The lowest BCUT2D eigenvalue weighted by Gasteiger charge is -2.14. The number of furan rings is 1. The van der Waals surface area contributed by atoms with Gasteiger partial charge in [0.05, 0.1) is 32.4 Å². The second-order valence-corrected chi connectivity index (χ2v) is 6.12. The van der Waals surface area contributed by atoms with Gasteiger partial charge in [-0.15, -0.1) is 0 Å². The number of amides is 1. The van der Waals surface area contributed by atoms with E-state index in [-0.39, 0.29) is 18.9 Å². The third kappa shape index (κ3) is 5.51. The number of aliphatic hydroxyl groups is 1. The molecule has 1 heterocycles. The van der Waals surface area contributed by atoms with Crippen LogP contribution in [0.25, 0.3) is 0 Å². The van der Waals surface area contributed by atoms with E-state index in [9.17, 15) is 9.90 Å². The summed E-state index contributed by atoms with van der Waals surface area (Å²) in [6.45, 7) is 4.90. The molecule has 0 aliphatic rings. The first-order chi connectivity index (χ1) is 12.0. The Morgan fingerprint density at radius 1 is 1.28 bits per heavy atom. The molecule has 7 heteroatoms.